The summed E-state index contributed by atoms with van der Waals surface area (Å²) in [5.74, 6) is 0.710. The van der Waals surface area contributed by atoms with Gasteiger partial charge in [0.05, 0.1) is 9.79 Å². The van der Waals surface area contributed by atoms with Crippen LogP contribution in [-0.4, -0.2) is 16.8 Å². The van der Waals surface area contributed by atoms with Crippen LogP contribution in [0.25, 0.3) is 0 Å². The smallest absolute Gasteiger partial charge is 0.262 e. The summed E-state index contributed by atoms with van der Waals surface area (Å²) in [5, 5.41) is 3.32. The van der Waals surface area contributed by atoms with E-state index in [4.69, 9.17) is 0 Å². The molecule has 3 N–H and O–H groups in total. The van der Waals surface area contributed by atoms with Crippen LogP contribution >= 0.6 is 0 Å². The van der Waals surface area contributed by atoms with Gasteiger partial charge in [-0.1, -0.05) is 107 Å². The summed E-state index contributed by atoms with van der Waals surface area (Å²) in [5.41, 5.74) is 8.02. The molecule has 0 aromatic heterocycles. The highest BCUT2D eigenvalue weighted by Crippen LogP contribution is 2.38. The zero-order valence-electron chi connectivity index (χ0n) is 32.3. The molecule has 0 unspecified atom stereocenters. The van der Waals surface area contributed by atoms with Gasteiger partial charge < -0.3 is 5.32 Å². The molecule has 4 aromatic rings. The normalized spacial score (nSPS) is 12.5. The van der Waals surface area contributed by atoms with Crippen molar-refractivity contribution < 1.29 is 16.8 Å². The van der Waals surface area contributed by atoms with Gasteiger partial charge in [-0.3, -0.25) is 9.44 Å². The van der Waals surface area contributed by atoms with Crippen LogP contribution in [0.5, 0.6) is 0 Å². The molecule has 51 heavy (non-hydrogen) atoms. The average molecular weight is 732 g/mol. The Labute approximate surface area is 307 Å². The van der Waals surface area contributed by atoms with Crippen LogP contribution in [0.4, 0.5) is 22.7 Å². The highest BCUT2D eigenvalue weighted by molar-refractivity contribution is 7.93. The SMILES string of the molecule is CC(C)c1cc(C(C)C)c(S(=O)(=O)Nc2ccc(Nc3ccc(NS(=O)(=O)c4c(C(C)C)cc(C(C)C)cc4C(C)C)cc3)cc2)c(C(C)C)c1. The molecule has 0 amide bonds. The molecule has 4 aromatic carbocycles. The van der Waals surface area contributed by atoms with E-state index in [9.17, 15) is 16.8 Å². The lowest BCUT2D eigenvalue weighted by molar-refractivity contribution is 0.594. The minimum Gasteiger partial charge on any atom is -0.356 e. The lowest BCUT2D eigenvalue weighted by Gasteiger charge is -2.23. The van der Waals surface area contributed by atoms with E-state index in [0.29, 0.717) is 21.2 Å². The van der Waals surface area contributed by atoms with E-state index in [2.05, 4.69) is 42.5 Å². The molecule has 0 spiro atoms. The Bertz CT molecular complexity index is 1840. The lowest BCUT2D eigenvalue weighted by atomic mass is 9.89. The number of benzene rings is 4. The molecule has 0 aliphatic heterocycles. The Morgan fingerprint density at radius 1 is 0.373 bits per heavy atom. The van der Waals surface area contributed by atoms with E-state index in [-0.39, 0.29) is 35.5 Å². The summed E-state index contributed by atoms with van der Waals surface area (Å²) in [6.07, 6.45) is 0. The molecule has 0 atom stereocenters. The van der Waals surface area contributed by atoms with E-state index in [1.807, 2.05) is 104 Å². The molecule has 9 heteroatoms. The van der Waals surface area contributed by atoms with Crippen LogP contribution in [-0.2, 0) is 20.0 Å². The minimum absolute atomic E-state index is 0.0346. The third kappa shape index (κ3) is 9.35. The van der Waals surface area contributed by atoms with Crippen molar-refractivity contribution in [1.82, 2.24) is 0 Å². The highest BCUT2D eigenvalue weighted by atomic mass is 32.2. The first-order valence-electron chi connectivity index (χ1n) is 18.1. The summed E-state index contributed by atoms with van der Waals surface area (Å²) >= 11 is 0. The van der Waals surface area contributed by atoms with E-state index in [1.165, 1.54) is 0 Å². The second-order valence-electron chi connectivity index (χ2n) is 15.5. The summed E-state index contributed by atoms with van der Waals surface area (Å²) in [6.45, 7) is 24.7. The quantitative estimate of drug-likeness (QED) is 0.120. The van der Waals surface area contributed by atoms with Gasteiger partial charge in [0, 0.05) is 22.7 Å². The van der Waals surface area contributed by atoms with Gasteiger partial charge in [-0.2, -0.15) is 0 Å². The van der Waals surface area contributed by atoms with Crippen molar-refractivity contribution in [3.05, 3.63) is 106 Å². The van der Waals surface area contributed by atoms with Gasteiger partial charge in [0.25, 0.3) is 20.0 Å². The number of nitrogens with one attached hydrogen (secondary N) is 3. The zero-order chi connectivity index (χ0) is 38.0. The molecule has 0 aliphatic rings. The summed E-state index contributed by atoms with van der Waals surface area (Å²) in [6, 6.07) is 22.3. The first-order chi connectivity index (χ1) is 23.7. The molecular weight excluding hydrogens is 675 g/mol. The number of anilines is 4. The molecule has 4 rings (SSSR count). The molecule has 0 fully saturated rings. The van der Waals surface area contributed by atoms with E-state index in [0.717, 1.165) is 44.8 Å². The number of hydrogen-bond acceptors (Lipinski definition) is 5. The van der Waals surface area contributed by atoms with Gasteiger partial charge in [-0.05, 0) is 117 Å². The predicted octanol–water partition coefficient (Wildman–Crippen LogP) is 11.8. The van der Waals surface area contributed by atoms with Crippen molar-refractivity contribution in [2.45, 2.75) is 128 Å². The Morgan fingerprint density at radius 2 is 0.608 bits per heavy atom. The molecular formula is C42H57N3O4S2. The van der Waals surface area contributed by atoms with E-state index < -0.39 is 20.0 Å². The molecule has 0 radical (unpaired) electrons. The molecule has 7 nitrogen and oxygen atoms in total. The maximum Gasteiger partial charge on any atom is 0.262 e. The first-order valence-corrected chi connectivity index (χ1v) is 21.1. The van der Waals surface area contributed by atoms with Crippen LogP contribution in [0, 0.1) is 0 Å². The van der Waals surface area contributed by atoms with Gasteiger partial charge in [-0.25, -0.2) is 16.8 Å². The maximum absolute atomic E-state index is 13.9. The van der Waals surface area contributed by atoms with Gasteiger partial charge in [-0.15, -0.1) is 0 Å². The van der Waals surface area contributed by atoms with Gasteiger partial charge in [0.1, 0.15) is 0 Å². The topological polar surface area (TPSA) is 104 Å². The largest absolute Gasteiger partial charge is 0.356 e. The van der Waals surface area contributed by atoms with Crippen LogP contribution in [0.1, 0.15) is 152 Å². The monoisotopic (exact) mass is 731 g/mol. The molecule has 0 saturated heterocycles. The van der Waals surface area contributed by atoms with Crippen LogP contribution in [0.15, 0.2) is 82.6 Å². The average Bonchev–Trinajstić information content (AvgIpc) is 3.04. The second kappa shape index (κ2) is 15.8. The fraction of sp³-hybridized carbons (Fsp3) is 0.429. The maximum atomic E-state index is 13.9. The van der Waals surface area contributed by atoms with Crippen molar-refractivity contribution in [2.75, 3.05) is 14.8 Å². The number of rotatable bonds is 14. The van der Waals surface area contributed by atoms with Crippen molar-refractivity contribution in [3.8, 4) is 0 Å². The van der Waals surface area contributed by atoms with Crippen LogP contribution in [0.3, 0.4) is 0 Å². The third-order valence-corrected chi connectivity index (χ3v) is 12.3. The standard InChI is InChI=1S/C42H57N3O4S2/c1-25(2)31-21-37(27(5)6)41(38(22-31)28(7)8)50(46,47)44-35-17-13-33(14-18-35)43-34-15-19-36(20-16-34)45-51(48,49)42-39(29(9)10)23-32(26(3)4)24-40(42)30(11)12/h13-30,43-45H,1-12H3. The van der Waals surface area contributed by atoms with Crippen molar-refractivity contribution in [2.24, 2.45) is 0 Å². The second-order valence-corrected chi connectivity index (χ2v) is 18.7. The minimum atomic E-state index is -3.87. The van der Waals surface area contributed by atoms with Crippen molar-refractivity contribution in [1.29, 1.82) is 0 Å². The summed E-state index contributed by atoms with van der Waals surface area (Å²) < 4.78 is 61.2. The van der Waals surface area contributed by atoms with E-state index in [1.54, 1.807) is 24.3 Å². The Kier molecular flexibility index (Phi) is 12.4. The summed E-state index contributed by atoms with van der Waals surface area (Å²) in [7, 11) is -7.73. The van der Waals surface area contributed by atoms with Crippen molar-refractivity contribution in [3.63, 3.8) is 0 Å². The molecule has 0 bridgehead atoms. The Hall–Kier alpha value is -3.82. The fourth-order valence-electron chi connectivity index (χ4n) is 6.22. The molecule has 0 aliphatic carbocycles. The Morgan fingerprint density at radius 3 is 0.824 bits per heavy atom. The summed E-state index contributed by atoms with van der Waals surface area (Å²) in [4.78, 5) is 0.728. The fourth-order valence-corrected chi connectivity index (χ4v) is 9.74. The number of sulfonamides is 2. The van der Waals surface area contributed by atoms with Crippen molar-refractivity contribution >= 4 is 42.8 Å². The highest BCUT2D eigenvalue weighted by Gasteiger charge is 2.28. The van der Waals surface area contributed by atoms with E-state index >= 15 is 0 Å². The molecule has 0 saturated carbocycles. The van der Waals surface area contributed by atoms with Crippen LogP contribution in [0.2, 0.25) is 0 Å². The third-order valence-electron chi connectivity index (χ3n) is 9.26. The Balaban J connectivity index is 1.54. The van der Waals surface area contributed by atoms with Crippen LogP contribution < -0.4 is 14.8 Å². The number of hydrogen-bond donors (Lipinski definition) is 3. The van der Waals surface area contributed by atoms with Gasteiger partial charge in [0.15, 0.2) is 0 Å². The lowest BCUT2D eigenvalue weighted by Crippen LogP contribution is -2.19. The molecule has 0 heterocycles. The van der Waals surface area contributed by atoms with Gasteiger partial charge >= 0.3 is 0 Å². The molecule has 276 valence electrons. The first kappa shape index (κ1) is 40.0. The zero-order valence-corrected chi connectivity index (χ0v) is 34.0. The predicted molar refractivity (Wildman–Crippen MR) is 215 cm³/mol. The van der Waals surface area contributed by atoms with Gasteiger partial charge in [0.2, 0.25) is 0 Å².